The summed E-state index contributed by atoms with van der Waals surface area (Å²) >= 11 is 3.09. The molecule has 1 atom stereocenters. The van der Waals surface area contributed by atoms with Gasteiger partial charge in [0.15, 0.2) is 0 Å². The zero-order chi connectivity index (χ0) is 29.3. The number of aromatic hydroxyl groups is 1. The van der Waals surface area contributed by atoms with Crippen molar-refractivity contribution in [1.29, 1.82) is 0 Å². The molecule has 0 fully saturated rings. The van der Waals surface area contributed by atoms with E-state index in [1.807, 2.05) is 0 Å². The van der Waals surface area contributed by atoms with Crippen LogP contribution in [0.15, 0.2) is 56.5 Å². The van der Waals surface area contributed by atoms with Gasteiger partial charge in [0.05, 0.1) is 24.7 Å². The van der Waals surface area contributed by atoms with Gasteiger partial charge in [-0.15, -0.1) is 0 Å². The molecule has 210 valence electrons. The first kappa shape index (κ1) is 29.9. The van der Waals surface area contributed by atoms with Crippen LogP contribution in [0.4, 0.5) is 22.4 Å². The second kappa shape index (κ2) is 11.2. The quantitative estimate of drug-likeness (QED) is 0.368. The van der Waals surface area contributed by atoms with Crippen LogP contribution in [0.2, 0.25) is 0 Å². The molecule has 1 amide bonds. The Morgan fingerprint density at radius 2 is 1.72 bits per heavy atom. The maximum Gasteiger partial charge on any atom is 0.416 e. The molecule has 1 unspecified atom stereocenters. The maximum atomic E-state index is 14.6. The Balaban J connectivity index is 2.15. The van der Waals surface area contributed by atoms with Crippen molar-refractivity contribution in [1.82, 2.24) is 14.5 Å². The lowest BCUT2D eigenvalue weighted by Gasteiger charge is -2.25. The maximum absolute atomic E-state index is 14.6. The number of nitrogens with one attached hydrogen (secondary N) is 1. The molecule has 13 heteroatoms. The van der Waals surface area contributed by atoms with E-state index in [9.17, 15) is 37.1 Å². The zero-order valence-electron chi connectivity index (χ0n) is 21.4. The highest BCUT2D eigenvalue weighted by molar-refractivity contribution is 9.10. The van der Waals surface area contributed by atoms with Crippen molar-refractivity contribution in [2.45, 2.75) is 58.6 Å². The smallest absolute Gasteiger partial charge is 0.416 e. The number of ether oxygens (including phenoxy) is 1. The predicted molar refractivity (Wildman–Crippen MR) is 138 cm³/mol. The molecule has 0 aliphatic heterocycles. The molecule has 2 N–H and O–H groups in total. The van der Waals surface area contributed by atoms with Crippen molar-refractivity contribution < 1.29 is 32.2 Å². The van der Waals surface area contributed by atoms with Crippen LogP contribution in [0.5, 0.6) is 5.75 Å². The van der Waals surface area contributed by atoms with Crippen LogP contribution < -0.4 is 16.6 Å². The number of rotatable bonds is 6. The number of halogens is 5. The number of aromatic nitrogens is 2. The number of amides is 1. The van der Waals surface area contributed by atoms with E-state index in [1.165, 1.54) is 25.1 Å². The fourth-order valence-electron chi connectivity index (χ4n) is 3.89. The molecule has 8 nitrogen and oxygen atoms in total. The fraction of sp³-hybridized carbons (Fsp3) is 0.346. The summed E-state index contributed by atoms with van der Waals surface area (Å²) in [5, 5.41) is 12.9. The summed E-state index contributed by atoms with van der Waals surface area (Å²) in [5.41, 5.74) is -4.71. The number of carbonyl (C=O) groups is 1. The minimum absolute atomic E-state index is 0.0307. The topological polar surface area (TPSA) is 103 Å². The molecule has 0 aliphatic rings. The standard InChI is InChI=1S/C26H26BrF4N3O5/c1-14-21(27)22(36)34(24(38)33(14)12-16-17(26(29,30)31)9-7-10-18(16)28)13-19(15-8-5-6-11-20(15)35)32-23(37)39-25(2,3)4/h5-11,19,35H,12-13H2,1-4H3,(H,32,37). The molecule has 3 rings (SSSR count). The van der Waals surface area contributed by atoms with Gasteiger partial charge in [0.1, 0.15) is 21.6 Å². The molecule has 0 aliphatic carbocycles. The van der Waals surface area contributed by atoms with Gasteiger partial charge in [0.25, 0.3) is 5.56 Å². The van der Waals surface area contributed by atoms with E-state index >= 15 is 0 Å². The number of hydrogen-bond acceptors (Lipinski definition) is 5. The lowest BCUT2D eigenvalue weighted by molar-refractivity contribution is -0.138. The minimum atomic E-state index is -4.89. The predicted octanol–water partition coefficient (Wildman–Crippen LogP) is 5.26. The number of nitrogens with zero attached hydrogens (tertiary/aromatic N) is 2. The first-order valence-corrected chi connectivity index (χ1v) is 12.4. The number of hydrogen-bond donors (Lipinski definition) is 2. The summed E-state index contributed by atoms with van der Waals surface area (Å²) in [7, 11) is 0. The molecular weight excluding hydrogens is 590 g/mol. The summed E-state index contributed by atoms with van der Waals surface area (Å²) in [4.78, 5) is 39.2. The second-order valence-electron chi connectivity index (χ2n) is 9.71. The van der Waals surface area contributed by atoms with Gasteiger partial charge in [-0.05, 0) is 61.8 Å². The van der Waals surface area contributed by atoms with Crippen molar-refractivity contribution in [2.24, 2.45) is 0 Å². The summed E-state index contributed by atoms with van der Waals surface area (Å²) in [6.45, 7) is 4.84. The van der Waals surface area contributed by atoms with Gasteiger partial charge < -0.3 is 15.2 Å². The van der Waals surface area contributed by atoms with E-state index in [0.717, 1.165) is 16.7 Å². The van der Waals surface area contributed by atoms with Gasteiger partial charge in [-0.2, -0.15) is 13.2 Å². The van der Waals surface area contributed by atoms with Crippen molar-refractivity contribution >= 4 is 22.0 Å². The monoisotopic (exact) mass is 615 g/mol. The molecule has 0 radical (unpaired) electrons. The third-order valence-electron chi connectivity index (χ3n) is 5.73. The Labute approximate surface area is 229 Å². The fourth-order valence-corrected chi connectivity index (χ4v) is 4.32. The molecule has 0 saturated heterocycles. The van der Waals surface area contributed by atoms with E-state index in [1.54, 1.807) is 26.8 Å². The van der Waals surface area contributed by atoms with E-state index < -0.39 is 65.2 Å². The highest BCUT2D eigenvalue weighted by Crippen LogP contribution is 2.33. The zero-order valence-corrected chi connectivity index (χ0v) is 23.0. The van der Waals surface area contributed by atoms with Crippen molar-refractivity contribution in [2.75, 3.05) is 0 Å². The van der Waals surface area contributed by atoms with Crippen LogP contribution in [0.3, 0.4) is 0 Å². The Hall–Kier alpha value is -3.61. The van der Waals surface area contributed by atoms with Crippen molar-refractivity contribution in [3.63, 3.8) is 0 Å². The first-order valence-electron chi connectivity index (χ1n) is 11.6. The molecule has 3 aromatic rings. The SMILES string of the molecule is Cc1c(Br)c(=O)n(CC(NC(=O)OC(C)(C)C)c2ccccc2O)c(=O)n1Cc1c(F)cccc1C(F)(F)F. The number of phenolic OH excluding ortho intramolecular Hbond substituents is 1. The van der Waals surface area contributed by atoms with E-state index in [4.69, 9.17) is 4.74 Å². The highest BCUT2D eigenvalue weighted by atomic mass is 79.9. The van der Waals surface area contributed by atoms with Gasteiger partial charge in [-0.3, -0.25) is 13.9 Å². The lowest BCUT2D eigenvalue weighted by atomic mass is 10.1. The summed E-state index contributed by atoms with van der Waals surface area (Å²) < 4.78 is 62.0. The summed E-state index contributed by atoms with van der Waals surface area (Å²) in [6.07, 6.45) is -5.80. The molecule has 0 saturated carbocycles. The van der Waals surface area contributed by atoms with Crippen LogP contribution in [0, 0.1) is 12.7 Å². The van der Waals surface area contributed by atoms with E-state index in [-0.39, 0.29) is 21.5 Å². The normalized spacial score (nSPS) is 12.7. The van der Waals surface area contributed by atoms with Crippen molar-refractivity contribution in [3.05, 3.63) is 96.0 Å². The molecule has 0 bridgehead atoms. The van der Waals surface area contributed by atoms with E-state index in [0.29, 0.717) is 10.6 Å². The molecule has 1 heterocycles. The Kier molecular flexibility index (Phi) is 8.63. The largest absolute Gasteiger partial charge is 0.508 e. The first-order chi connectivity index (χ1) is 18.0. The molecule has 0 spiro atoms. The Bertz CT molecular complexity index is 1510. The van der Waals surface area contributed by atoms with Gasteiger partial charge in [0.2, 0.25) is 0 Å². The van der Waals surface area contributed by atoms with Crippen LogP contribution in [0.1, 0.15) is 49.2 Å². The van der Waals surface area contributed by atoms with Crippen LogP contribution in [0.25, 0.3) is 0 Å². The molecule has 2 aromatic carbocycles. The number of carbonyl (C=O) groups excluding carboxylic acids is 1. The number of alkyl halides is 3. The number of phenols is 1. The average Bonchev–Trinajstić information content (AvgIpc) is 2.82. The molecule has 39 heavy (non-hydrogen) atoms. The third kappa shape index (κ3) is 6.88. The third-order valence-corrected chi connectivity index (χ3v) is 6.64. The number of benzene rings is 2. The van der Waals surface area contributed by atoms with Crippen LogP contribution >= 0.6 is 15.9 Å². The van der Waals surface area contributed by atoms with Crippen molar-refractivity contribution in [3.8, 4) is 5.75 Å². The van der Waals surface area contributed by atoms with Crippen LogP contribution in [-0.2, 0) is 24.0 Å². The van der Waals surface area contributed by atoms with Crippen LogP contribution in [-0.4, -0.2) is 25.9 Å². The Morgan fingerprint density at radius 3 is 2.31 bits per heavy atom. The van der Waals surface area contributed by atoms with Gasteiger partial charge in [-0.25, -0.2) is 14.0 Å². The summed E-state index contributed by atoms with van der Waals surface area (Å²) in [6, 6.07) is 7.15. The Morgan fingerprint density at radius 1 is 1.08 bits per heavy atom. The lowest BCUT2D eigenvalue weighted by Crippen LogP contribution is -2.45. The average molecular weight is 616 g/mol. The molecule has 1 aromatic heterocycles. The number of alkyl carbamates (subject to hydrolysis) is 1. The minimum Gasteiger partial charge on any atom is -0.508 e. The van der Waals surface area contributed by atoms with Gasteiger partial charge in [0, 0.05) is 16.8 Å². The molecular formula is C26H26BrF4N3O5. The highest BCUT2D eigenvalue weighted by Gasteiger charge is 2.35. The number of para-hydroxylation sites is 1. The summed E-state index contributed by atoms with van der Waals surface area (Å²) in [5.74, 6) is -1.43. The second-order valence-corrected chi connectivity index (χ2v) is 10.5. The van der Waals surface area contributed by atoms with E-state index in [2.05, 4.69) is 21.2 Å². The van der Waals surface area contributed by atoms with Gasteiger partial charge in [-0.1, -0.05) is 24.3 Å². The van der Waals surface area contributed by atoms with Gasteiger partial charge >= 0.3 is 18.0 Å².